The second kappa shape index (κ2) is 6.78. The van der Waals surface area contributed by atoms with Crippen LogP contribution in [0.1, 0.15) is 20.3 Å². The van der Waals surface area contributed by atoms with Gasteiger partial charge in [-0.2, -0.15) is 5.10 Å². The molecule has 0 aliphatic rings. The highest BCUT2D eigenvalue weighted by molar-refractivity contribution is 5.49. The third-order valence-electron chi connectivity index (χ3n) is 2.55. The maximum absolute atomic E-state index is 5.71. The molecule has 0 fully saturated rings. The van der Waals surface area contributed by atoms with E-state index in [0.717, 1.165) is 31.1 Å². The lowest BCUT2D eigenvalue weighted by Gasteiger charge is -2.14. The van der Waals surface area contributed by atoms with E-state index in [1.807, 2.05) is 42.9 Å². The zero-order valence-electron chi connectivity index (χ0n) is 11.4. The Morgan fingerprint density at radius 1 is 1.32 bits per heavy atom. The second-order valence-corrected chi connectivity index (χ2v) is 4.57. The minimum Gasteiger partial charge on any atom is -0.487 e. The van der Waals surface area contributed by atoms with E-state index >= 15 is 0 Å². The Hall–Kier alpha value is -2.04. The number of aryl methyl sites for hydroxylation is 1. The van der Waals surface area contributed by atoms with Crippen LogP contribution in [0.5, 0.6) is 5.75 Å². The fourth-order valence-electron chi connectivity index (χ4n) is 1.75. The van der Waals surface area contributed by atoms with Gasteiger partial charge in [0.1, 0.15) is 0 Å². The van der Waals surface area contributed by atoms with E-state index in [-0.39, 0.29) is 6.10 Å². The summed E-state index contributed by atoms with van der Waals surface area (Å²) in [6.45, 7) is 5.75. The van der Waals surface area contributed by atoms with E-state index in [1.54, 1.807) is 12.4 Å². The molecule has 2 heterocycles. The molecule has 2 rings (SSSR count). The lowest BCUT2D eigenvalue weighted by atomic mass is 10.3. The third kappa shape index (κ3) is 4.28. The highest BCUT2D eigenvalue weighted by atomic mass is 16.5. The Kier molecular flexibility index (Phi) is 4.78. The Labute approximate surface area is 113 Å². The fourth-order valence-corrected chi connectivity index (χ4v) is 1.75. The summed E-state index contributed by atoms with van der Waals surface area (Å²) in [4.78, 5) is 4.31. The summed E-state index contributed by atoms with van der Waals surface area (Å²) in [5.41, 5.74) is 0. The molecule has 2 aromatic heterocycles. The van der Waals surface area contributed by atoms with Crippen LogP contribution in [0.3, 0.4) is 0 Å². The van der Waals surface area contributed by atoms with E-state index in [4.69, 9.17) is 4.74 Å². The smallest absolute Gasteiger partial charge is 0.168 e. The Morgan fingerprint density at radius 2 is 2.21 bits per heavy atom. The van der Waals surface area contributed by atoms with Gasteiger partial charge >= 0.3 is 0 Å². The van der Waals surface area contributed by atoms with E-state index in [2.05, 4.69) is 15.4 Å². The van der Waals surface area contributed by atoms with Crippen LogP contribution in [0, 0.1) is 0 Å². The molecule has 0 unspecified atom stereocenters. The summed E-state index contributed by atoms with van der Waals surface area (Å²) in [6, 6.07) is 5.75. The monoisotopic (exact) mass is 260 g/mol. The topological polar surface area (TPSA) is 52.0 Å². The fraction of sp³-hybridized carbons (Fsp3) is 0.429. The van der Waals surface area contributed by atoms with Crippen LogP contribution in [0.25, 0.3) is 0 Å². The number of rotatable bonds is 7. The van der Waals surface area contributed by atoms with Gasteiger partial charge in [-0.1, -0.05) is 0 Å². The zero-order chi connectivity index (χ0) is 13.5. The number of ether oxygens (including phenoxy) is 1. The Bertz CT molecular complexity index is 482. The molecule has 0 amide bonds. The number of hydrogen-bond acceptors (Lipinski definition) is 4. The minimum atomic E-state index is 0.147. The predicted octanol–water partition coefficient (Wildman–Crippen LogP) is 2.57. The molecular weight excluding hydrogens is 240 g/mol. The van der Waals surface area contributed by atoms with E-state index in [9.17, 15) is 0 Å². The minimum absolute atomic E-state index is 0.147. The van der Waals surface area contributed by atoms with Gasteiger partial charge in [0.2, 0.25) is 0 Å². The number of pyridine rings is 1. The van der Waals surface area contributed by atoms with Gasteiger partial charge in [0.15, 0.2) is 11.6 Å². The van der Waals surface area contributed by atoms with Crippen LogP contribution >= 0.6 is 0 Å². The molecule has 0 atom stereocenters. The number of nitrogens with zero attached hydrogens (tertiary/aromatic N) is 3. The van der Waals surface area contributed by atoms with Crippen LogP contribution in [-0.2, 0) is 6.54 Å². The molecule has 0 radical (unpaired) electrons. The van der Waals surface area contributed by atoms with Gasteiger partial charge in [-0.3, -0.25) is 4.68 Å². The lowest BCUT2D eigenvalue weighted by Crippen LogP contribution is -2.11. The number of hydrogen-bond donors (Lipinski definition) is 1. The second-order valence-electron chi connectivity index (χ2n) is 4.57. The average molecular weight is 260 g/mol. The van der Waals surface area contributed by atoms with E-state index in [0.29, 0.717) is 0 Å². The summed E-state index contributed by atoms with van der Waals surface area (Å²) < 4.78 is 7.63. The Balaban J connectivity index is 1.82. The van der Waals surface area contributed by atoms with Crippen LogP contribution in [0.2, 0.25) is 0 Å². The van der Waals surface area contributed by atoms with Crippen LogP contribution in [0.4, 0.5) is 5.82 Å². The molecule has 0 saturated heterocycles. The van der Waals surface area contributed by atoms with Crippen molar-refractivity contribution in [2.75, 3.05) is 11.9 Å². The van der Waals surface area contributed by atoms with Crippen molar-refractivity contribution in [3.8, 4) is 5.75 Å². The van der Waals surface area contributed by atoms with Gasteiger partial charge in [-0.15, -0.1) is 0 Å². The molecule has 2 aromatic rings. The first kappa shape index (κ1) is 13.4. The molecule has 0 aliphatic carbocycles. The summed E-state index contributed by atoms with van der Waals surface area (Å²) in [5, 5.41) is 7.47. The van der Waals surface area contributed by atoms with Crippen LogP contribution in [-0.4, -0.2) is 27.4 Å². The van der Waals surface area contributed by atoms with Gasteiger partial charge in [0.25, 0.3) is 0 Å². The Morgan fingerprint density at radius 3 is 2.95 bits per heavy atom. The first-order valence-corrected chi connectivity index (χ1v) is 6.58. The van der Waals surface area contributed by atoms with Crippen LogP contribution < -0.4 is 10.1 Å². The summed E-state index contributed by atoms with van der Waals surface area (Å²) >= 11 is 0. The molecule has 5 heteroatoms. The van der Waals surface area contributed by atoms with Gasteiger partial charge < -0.3 is 10.1 Å². The molecule has 0 bridgehead atoms. The van der Waals surface area contributed by atoms with Crippen molar-refractivity contribution in [1.82, 2.24) is 14.8 Å². The van der Waals surface area contributed by atoms with Gasteiger partial charge in [-0.25, -0.2) is 4.98 Å². The maximum Gasteiger partial charge on any atom is 0.168 e. The normalized spacial score (nSPS) is 10.7. The molecule has 0 aromatic carbocycles. The molecule has 5 nitrogen and oxygen atoms in total. The number of aromatic nitrogens is 3. The van der Waals surface area contributed by atoms with Gasteiger partial charge in [-0.05, 0) is 38.5 Å². The first-order chi connectivity index (χ1) is 9.25. The van der Waals surface area contributed by atoms with Crippen molar-refractivity contribution >= 4 is 5.82 Å². The average Bonchev–Trinajstić information content (AvgIpc) is 2.89. The molecule has 102 valence electrons. The predicted molar refractivity (Wildman–Crippen MR) is 75.3 cm³/mol. The largest absolute Gasteiger partial charge is 0.487 e. The highest BCUT2D eigenvalue weighted by Gasteiger charge is 2.05. The molecule has 19 heavy (non-hydrogen) atoms. The molecule has 1 N–H and O–H groups in total. The standard InChI is InChI=1S/C14H20N4O/c1-12(2)19-13-6-3-7-15-14(13)16-8-4-10-18-11-5-9-17-18/h3,5-7,9,11-12H,4,8,10H2,1-2H3,(H,15,16). The molecular formula is C14H20N4O. The van der Waals surface area contributed by atoms with Crippen molar-refractivity contribution in [3.05, 3.63) is 36.8 Å². The van der Waals surface area contributed by atoms with E-state index < -0.39 is 0 Å². The van der Waals surface area contributed by atoms with Crippen molar-refractivity contribution < 1.29 is 4.74 Å². The maximum atomic E-state index is 5.71. The SMILES string of the molecule is CC(C)Oc1cccnc1NCCCn1cccn1. The van der Waals surface area contributed by atoms with Gasteiger partial charge in [0, 0.05) is 31.7 Å². The zero-order valence-corrected chi connectivity index (χ0v) is 11.4. The van der Waals surface area contributed by atoms with Crippen molar-refractivity contribution in [1.29, 1.82) is 0 Å². The van der Waals surface area contributed by atoms with Crippen LogP contribution in [0.15, 0.2) is 36.8 Å². The van der Waals surface area contributed by atoms with Crippen molar-refractivity contribution in [3.63, 3.8) is 0 Å². The van der Waals surface area contributed by atoms with Crippen molar-refractivity contribution in [2.24, 2.45) is 0 Å². The van der Waals surface area contributed by atoms with E-state index in [1.165, 1.54) is 0 Å². The summed E-state index contributed by atoms with van der Waals surface area (Å²) in [6.07, 6.45) is 6.66. The first-order valence-electron chi connectivity index (χ1n) is 6.58. The molecule has 0 aliphatic heterocycles. The number of nitrogens with one attached hydrogen (secondary N) is 1. The van der Waals surface area contributed by atoms with Gasteiger partial charge in [0.05, 0.1) is 6.10 Å². The lowest BCUT2D eigenvalue weighted by molar-refractivity contribution is 0.243. The molecule has 0 saturated carbocycles. The number of anilines is 1. The highest BCUT2D eigenvalue weighted by Crippen LogP contribution is 2.21. The van der Waals surface area contributed by atoms with Crippen molar-refractivity contribution in [2.45, 2.75) is 32.9 Å². The molecule has 0 spiro atoms. The third-order valence-corrected chi connectivity index (χ3v) is 2.55. The summed E-state index contributed by atoms with van der Waals surface area (Å²) in [5.74, 6) is 1.60. The summed E-state index contributed by atoms with van der Waals surface area (Å²) in [7, 11) is 0. The quantitative estimate of drug-likeness (QED) is 0.777.